The van der Waals surface area contributed by atoms with Crippen LogP contribution in [0.4, 0.5) is 0 Å². The Bertz CT molecular complexity index is 868. The summed E-state index contributed by atoms with van der Waals surface area (Å²) in [5.74, 6) is 0.617. The third kappa shape index (κ3) is 4.17. The van der Waals surface area contributed by atoms with E-state index in [9.17, 15) is 9.59 Å². The van der Waals surface area contributed by atoms with Crippen molar-refractivity contribution in [3.8, 4) is 0 Å². The monoisotopic (exact) mass is 423 g/mol. The molecule has 4 rings (SSSR count). The Morgan fingerprint density at radius 2 is 2.21 bits per heavy atom. The van der Waals surface area contributed by atoms with E-state index >= 15 is 0 Å². The molecule has 0 aliphatic carbocycles. The van der Waals surface area contributed by atoms with Gasteiger partial charge in [0.15, 0.2) is 0 Å². The largest absolute Gasteiger partial charge is 0.383 e. The van der Waals surface area contributed by atoms with Crippen molar-refractivity contribution in [3.63, 3.8) is 0 Å². The molecule has 2 aliphatic rings. The Kier molecular flexibility index (Phi) is 6.93. The number of fused-ring (bicyclic) bond motifs is 4. The van der Waals surface area contributed by atoms with Gasteiger partial charge in [0.2, 0.25) is 0 Å². The maximum absolute atomic E-state index is 13.2. The first-order chi connectivity index (χ1) is 13.2. The van der Waals surface area contributed by atoms with E-state index in [0.717, 1.165) is 30.8 Å². The van der Waals surface area contributed by atoms with Gasteiger partial charge in [0.25, 0.3) is 11.5 Å². The minimum absolute atomic E-state index is 0. The van der Waals surface area contributed by atoms with Crippen molar-refractivity contribution in [1.29, 1.82) is 0 Å². The maximum Gasteiger partial charge on any atom is 0.263 e. The Morgan fingerprint density at radius 1 is 1.36 bits per heavy atom. The van der Waals surface area contributed by atoms with E-state index in [1.165, 1.54) is 0 Å². The molecule has 0 spiro atoms. The first-order valence-electron chi connectivity index (χ1n) is 9.41. The predicted molar refractivity (Wildman–Crippen MR) is 113 cm³/mol. The zero-order chi connectivity index (χ0) is 18.8. The highest BCUT2D eigenvalue weighted by molar-refractivity contribution is 7.07. The number of carbonyl (C=O) groups is 1. The second-order valence-electron chi connectivity index (χ2n) is 7.40. The van der Waals surface area contributed by atoms with E-state index in [-0.39, 0.29) is 29.4 Å². The Hall–Kier alpha value is -1.67. The Balaban J connectivity index is 0.00000225. The van der Waals surface area contributed by atoms with Crippen LogP contribution >= 0.6 is 23.7 Å². The summed E-state index contributed by atoms with van der Waals surface area (Å²) in [5, 5.41) is 7.47. The topological polar surface area (TPSA) is 63.6 Å². The number of methoxy groups -OCH3 is 1. The number of piperidine rings is 1. The average Bonchev–Trinajstić information content (AvgIpc) is 3.19. The summed E-state index contributed by atoms with van der Waals surface area (Å²) in [6.45, 7) is 3.93. The van der Waals surface area contributed by atoms with Crippen LogP contribution in [0.5, 0.6) is 0 Å². The number of pyridine rings is 1. The molecule has 152 valence electrons. The maximum atomic E-state index is 13.2. The lowest BCUT2D eigenvalue weighted by Crippen LogP contribution is -2.46. The predicted octanol–water partition coefficient (Wildman–Crippen LogP) is 2.33. The third-order valence-electron chi connectivity index (χ3n) is 5.55. The second kappa shape index (κ2) is 9.22. The lowest BCUT2D eigenvalue weighted by Gasteiger charge is -2.37. The van der Waals surface area contributed by atoms with Crippen molar-refractivity contribution < 1.29 is 9.53 Å². The fraction of sp³-hybridized carbons (Fsp3) is 0.500. The van der Waals surface area contributed by atoms with Crippen LogP contribution in [0.15, 0.2) is 33.8 Å². The summed E-state index contributed by atoms with van der Waals surface area (Å²) in [6, 6.07) is 5.70. The SMILES string of the molecule is COCCN(Cc1ccsc1)C(=O)c1ccc2n(c1=O)C[C@@H]1CNC[C@H]2C1.Cl. The van der Waals surface area contributed by atoms with Gasteiger partial charge in [-0.1, -0.05) is 0 Å². The van der Waals surface area contributed by atoms with Crippen molar-refractivity contribution in [2.45, 2.75) is 25.4 Å². The summed E-state index contributed by atoms with van der Waals surface area (Å²) in [4.78, 5) is 28.0. The van der Waals surface area contributed by atoms with Gasteiger partial charge in [-0.05, 0) is 53.4 Å². The van der Waals surface area contributed by atoms with Gasteiger partial charge in [0.1, 0.15) is 5.56 Å². The second-order valence-corrected chi connectivity index (χ2v) is 8.18. The average molecular weight is 424 g/mol. The molecule has 1 fully saturated rings. The molecule has 6 nitrogen and oxygen atoms in total. The molecule has 0 radical (unpaired) electrons. The van der Waals surface area contributed by atoms with Gasteiger partial charge in [-0.25, -0.2) is 0 Å². The van der Waals surface area contributed by atoms with Crippen LogP contribution < -0.4 is 10.9 Å². The molecule has 1 amide bonds. The summed E-state index contributed by atoms with van der Waals surface area (Å²) in [7, 11) is 1.62. The number of nitrogens with zero attached hydrogens (tertiary/aromatic N) is 2. The smallest absolute Gasteiger partial charge is 0.263 e. The minimum Gasteiger partial charge on any atom is -0.383 e. The highest BCUT2D eigenvalue weighted by atomic mass is 35.5. The summed E-state index contributed by atoms with van der Waals surface area (Å²) < 4.78 is 7.01. The molecule has 28 heavy (non-hydrogen) atoms. The van der Waals surface area contributed by atoms with Crippen LogP contribution in [0, 0.1) is 5.92 Å². The number of halogens is 1. The fourth-order valence-corrected chi connectivity index (χ4v) is 4.84. The normalized spacial score (nSPS) is 20.2. The quantitative estimate of drug-likeness (QED) is 0.774. The zero-order valence-corrected chi connectivity index (χ0v) is 17.6. The van der Waals surface area contributed by atoms with Crippen LogP contribution in [0.3, 0.4) is 0 Å². The Labute approximate surface area is 174 Å². The molecule has 0 aromatic carbocycles. The van der Waals surface area contributed by atoms with Crippen molar-refractivity contribution in [1.82, 2.24) is 14.8 Å². The number of rotatable bonds is 6. The van der Waals surface area contributed by atoms with Crippen LogP contribution in [-0.2, 0) is 17.8 Å². The number of aromatic nitrogens is 1. The molecule has 2 aliphatic heterocycles. The van der Waals surface area contributed by atoms with Crippen LogP contribution in [0.25, 0.3) is 0 Å². The lowest BCUT2D eigenvalue weighted by molar-refractivity contribution is 0.0677. The lowest BCUT2D eigenvalue weighted by atomic mass is 9.84. The van der Waals surface area contributed by atoms with Crippen LogP contribution in [0.1, 0.15) is 34.0 Å². The molecule has 1 saturated heterocycles. The number of carbonyl (C=O) groups excluding carboxylic acids is 1. The molecular formula is C20H26ClN3O3S. The number of hydrogen-bond acceptors (Lipinski definition) is 5. The third-order valence-corrected chi connectivity index (χ3v) is 6.28. The van der Waals surface area contributed by atoms with E-state index in [1.807, 2.05) is 27.5 Å². The molecule has 2 aromatic rings. The molecule has 0 saturated carbocycles. The van der Waals surface area contributed by atoms with E-state index in [1.54, 1.807) is 29.4 Å². The first kappa shape index (κ1) is 21.0. The number of amides is 1. The van der Waals surface area contributed by atoms with E-state index in [0.29, 0.717) is 38.1 Å². The van der Waals surface area contributed by atoms with Gasteiger partial charge in [0, 0.05) is 44.9 Å². The zero-order valence-electron chi connectivity index (χ0n) is 15.9. The minimum atomic E-state index is -0.215. The van der Waals surface area contributed by atoms with E-state index in [4.69, 9.17) is 4.74 Å². The molecule has 2 bridgehead atoms. The fourth-order valence-electron chi connectivity index (χ4n) is 4.18. The van der Waals surface area contributed by atoms with Crippen molar-refractivity contribution in [2.75, 3.05) is 33.4 Å². The van der Waals surface area contributed by atoms with Crippen molar-refractivity contribution in [2.24, 2.45) is 5.92 Å². The number of ether oxygens (including phenoxy) is 1. The summed E-state index contributed by atoms with van der Waals surface area (Å²) in [5.41, 5.74) is 2.24. The first-order valence-corrected chi connectivity index (χ1v) is 10.4. The molecule has 8 heteroatoms. The number of thiophene rings is 1. The number of nitrogens with one attached hydrogen (secondary N) is 1. The standard InChI is InChI=1S/C20H25N3O3S.ClH/c1-26-6-5-22(11-14-4-7-27-13-14)19(24)17-2-3-18-16-8-15(9-21-10-16)12-23(18)20(17)25;/h2-4,7,13,15-16,21H,5-6,8-12H2,1H3;1H/t15-,16+;/m0./s1. The van der Waals surface area contributed by atoms with Gasteiger partial charge in [-0.2, -0.15) is 11.3 Å². The molecule has 1 N–H and O–H groups in total. The van der Waals surface area contributed by atoms with E-state index < -0.39 is 0 Å². The van der Waals surface area contributed by atoms with Crippen molar-refractivity contribution in [3.05, 3.63) is 56.1 Å². The van der Waals surface area contributed by atoms with Crippen LogP contribution in [0.2, 0.25) is 0 Å². The van der Waals surface area contributed by atoms with Gasteiger partial charge < -0.3 is 19.5 Å². The summed E-state index contributed by atoms with van der Waals surface area (Å²) >= 11 is 1.60. The molecule has 0 unspecified atom stereocenters. The van der Waals surface area contributed by atoms with Crippen LogP contribution in [-0.4, -0.2) is 48.7 Å². The van der Waals surface area contributed by atoms with Crippen molar-refractivity contribution >= 4 is 29.7 Å². The molecule has 4 heterocycles. The molecule has 2 atom stereocenters. The molecular weight excluding hydrogens is 398 g/mol. The highest BCUT2D eigenvalue weighted by Crippen LogP contribution is 2.31. The number of hydrogen-bond donors (Lipinski definition) is 1. The highest BCUT2D eigenvalue weighted by Gasteiger charge is 2.32. The van der Waals surface area contributed by atoms with Gasteiger partial charge in [-0.15, -0.1) is 12.4 Å². The Morgan fingerprint density at radius 3 is 2.96 bits per heavy atom. The van der Waals surface area contributed by atoms with E-state index in [2.05, 4.69) is 5.32 Å². The van der Waals surface area contributed by atoms with Gasteiger partial charge in [0.05, 0.1) is 6.61 Å². The molecule has 2 aromatic heterocycles. The van der Waals surface area contributed by atoms with Gasteiger partial charge >= 0.3 is 0 Å². The van der Waals surface area contributed by atoms with Gasteiger partial charge in [-0.3, -0.25) is 9.59 Å². The summed E-state index contributed by atoms with van der Waals surface area (Å²) in [6.07, 6.45) is 1.12.